The van der Waals surface area contributed by atoms with Crippen molar-refractivity contribution in [2.45, 2.75) is 26.4 Å². The van der Waals surface area contributed by atoms with Crippen LogP contribution in [0.15, 0.2) is 48.5 Å². The molecule has 1 fully saturated rings. The second-order valence-corrected chi connectivity index (χ2v) is 7.70. The first-order chi connectivity index (χ1) is 14.5. The van der Waals surface area contributed by atoms with E-state index in [-0.39, 0.29) is 11.8 Å². The van der Waals surface area contributed by atoms with Gasteiger partial charge < -0.3 is 25.2 Å². The topological polar surface area (TPSA) is 75.1 Å². The molecule has 1 atom stereocenters. The van der Waals surface area contributed by atoms with Gasteiger partial charge in [-0.15, -0.1) is 0 Å². The lowest BCUT2D eigenvalue weighted by molar-refractivity contribution is -0.917. The van der Waals surface area contributed by atoms with Crippen LogP contribution in [0.1, 0.15) is 19.4 Å². The van der Waals surface area contributed by atoms with E-state index in [1.165, 1.54) is 17.4 Å². The van der Waals surface area contributed by atoms with Crippen LogP contribution in [0.3, 0.4) is 0 Å². The molecule has 2 aromatic carbocycles. The molecule has 0 radical (unpaired) electrons. The van der Waals surface area contributed by atoms with E-state index < -0.39 is 6.04 Å². The van der Waals surface area contributed by atoms with Gasteiger partial charge in [0.25, 0.3) is 0 Å². The smallest absolute Gasteiger partial charge is 0.245 e. The number of nitrogens with zero attached hydrogens (tertiary/aromatic N) is 1. The summed E-state index contributed by atoms with van der Waals surface area (Å²) in [6, 6.07) is 15.4. The summed E-state index contributed by atoms with van der Waals surface area (Å²) < 4.78 is 5.40. The molecule has 0 aromatic heterocycles. The highest BCUT2D eigenvalue weighted by Gasteiger charge is 2.27. The Morgan fingerprint density at radius 1 is 1.13 bits per heavy atom. The number of hydrogen-bond donors (Lipinski definition) is 3. The predicted molar refractivity (Wildman–Crippen MR) is 118 cm³/mol. The highest BCUT2D eigenvalue weighted by atomic mass is 16.5. The van der Waals surface area contributed by atoms with Gasteiger partial charge in [-0.2, -0.15) is 0 Å². The maximum atomic E-state index is 13.0. The molecule has 0 unspecified atom stereocenters. The van der Waals surface area contributed by atoms with Crippen molar-refractivity contribution in [2.75, 3.05) is 43.9 Å². The highest BCUT2D eigenvalue weighted by Crippen LogP contribution is 2.28. The summed E-state index contributed by atoms with van der Waals surface area (Å²) >= 11 is 0. The standard InChI is InChI=1S/C23H30N4O3/c1-17(24-21-15-20(25-18(2)28)9-10-22(21)30-3)23(29)27-13-11-26(12-14-27)16-19-7-5-4-6-8-19/h4-10,15,17,24H,11-14,16H2,1-3H3,(H,25,28)/p+1/t17-/m0/s1. The zero-order valence-electron chi connectivity index (χ0n) is 17.9. The Hall–Kier alpha value is -3.06. The van der Waals surface area contributed by atoms with E-state index in [2.05, 4.69) is 34.9 Å². The van der Waals surface area contributed by atoms with E-state index in [9.17, 15) is 9.59 Å². The minimum absolute atomic E-state index is 0.0701. The van der Waals surface area contributed by atoms with Gasteiger partial charge in [-0.3, -0.25) is 9.59 Å². The normalized spacial score (nSPS) is 15.4. The third-order valence-electron chi connectivity index (χ3n) is 5.34. The predicted octanol–water partition coefficient (Wildman–Crippen LogP) is 1.38. The summed E-state index contributed by atoms with van der Waals surface area (Å²) in [4.78, 5) is 27.7. The number of rotatable bonds is 7. The van der Waals surface area contributed by atoms with Gasteiger partial charge in [-0.1, -0.05) is 30.3 Å². The number of hydrogen-bond acceptors (Lipinski definition) is 4. The van der Waals surface area contributed by atoms with Crippen LogP contribution in [0, 0.1) is 0 Å². The summed E-state index contributed by atoms with van der Waals surface area (Å²) in [5.74, 6) is 0.549. The summed E-state index contributed by atoms with van der Waals surface area (Å²) in [5.41, 5.74) is 2.66. The Morgan fingerprint density at radius 3 is 2.47 bits per heavy atom. The molecule has 1 aliphatic rings. The maximum Gasteiger partial charge on any atom is 0.245 e. The first kappa shape index (κ1) is 21.6. The number of carbonyl (C=O) groups excluding carboxylic acids is 2. The molecule has 30 heavy (non-hydrogen) atoms. The summed E-state index contributed by atoms with van der Waals surface area (Å²) in [5, 5.41) is 6.00. The molecule has 7 nitrogen and oxygen atoms in total. The largest absolute Gasteiger partial charge is 0.495 e. The molecule has 160 valence electrons. The third-order valence-corrected chi connectivity index (χ3v) is 5.34. The van der Waals surface area contributed by atoms with Crippen LogP contribution in [0.25, 0.3) is 0 Å². The van der Waals surface area contributed by atoms with Gasteiger partial charge in [0.1, 0.15) is 18.3 Å². The Kier molecular flexibility index (Phi) is 7.30. The van der Waals surface area contributed by atoms with Gasteiger partial charge in [0.15, 0.2) is 0 Å². The van der Waals surface area contributed by atoms with Crippen LogP contribution in [-0.4, -0.2) is 56.0 Å². The molecule has 3 N–H and O–H groups in total. The van der Waals surface area contributed by atoms with Crippen molar-refractivity contribution in [3.63, 3.8) is 0 Å². The molecule has 2 aromatic rings. The molecule has 0 spiro atoms. The van der Waals surface area contributed by atoms with Gasteiger partial charge in [0.2, 0.25) is 11.8 Å². The Bertz CT molecular complexity index is 864. The second-order valence-electron chi connectivity index (χ2n) is 7.70. The number of benzene rings is 2. The zero-order chi connectivity index (χ0) is 21.5. The molecule has 7 heteroatoms. The molecule has 1 aliphatic heterocycles. The van der Waals surface area contributed by atoms with Crippen molar-refractivity contribution in [1.82, 2.24) is 4.90 Å². The average Bonchev–Trinajstić information content (AvgIpc) is 2.74. The fourth-order valence-electron chi connectivity index (χ4n) is 3.78. The molecule has 0 saturated carbocycles. The molecule has 3 rings (SSSR count). The van der Waals surface area contributed by atoms with Gasteiger partial charge in [-0.05, 0) is 25.1 Å². The summed E-state index contributed by atoms with van der Waals surface area (Å²) in [6.45, 7) is 7.68. The summed E-state index contributed by atoms with van der Waals surface area (Å²) in [6.07, 6.45) is 0. The maximum absolute atomic E-state index is 13.0. The van der Waals surface area contributed by atoms with Crippen LogP contribution >= 0.6 is 0 Å². The number of quaternary nitrogens is 1. The molecule has 0 aliphatic carbocycles. The van der Waals surface area contributed by atoms with E-state index in [0.717, 1.165) is 32.7 Å². The van der Waals surface area contributed by atoms with Crippen molar-refractivity contribution >= 4 is 23.2 Å². The minimum Gasteiger partial charge on any atom is -0.495 e. The molecule has 0 bridgehead atoms. The summed E-state index contributed by atoms with van der Waals surface area (Å²) in [7, 11) is 1.58. The first-order valence-corrected chi connectivity index (χ1v) is 10.3. The number of amides is 2. The first-order valence-electron chi connectivity index (χ1n) is 10.3. The van der Waals surface area contributed by atoms with Crippen molar-refractivity contribution in [2.24, 2.45) is 0 Å². The van der Waals surface area contributed by atoms with Crippen LogP contribution in [0.2, 0.25) is 0 Å². The quantitative estimate of drug-likeness (QED) is 0.644. The van der Waals surface area contributed by atoms with Crippen molar-refractivity contribution in [3.8, 4) is 5.75 Å². The zero-order valence-corrected chi connectivity index (χ0v) is 17.9. The van der Waals surface area contributed by atoms with E-state index in [1.54, 1.807) is 25.3 Å². The van der Waals surface area contributed by atoms with Crippen LogP contribution in [0.4, 0.5) is 11.4 Å². The fourth-order valence-corrected chi connectivity index (χ4v) is 3.78. The number of piperazine rings is 1. The van der Waals surface area contributed by atoms with Gasteiger partial charge in [0, 0.05) is 18.2 Å². The van der Waals surface area contributed by atoms with Crippen LogP contribution < -0.4 is 20.3 Å². The van der Waals surface area contributed by atoms with E-state index in [4.69, 9.17) is 4.74 Å². The van der Waals surface area contributed by atoms with E-state index in [0.29, 0.717) is 17.1 Å². The highest BCUT2D eigenvalue weighted by molar-refractivity contribution is 5.90. The average molecular weight is 412 g/mol. The van der Waals surface area contributed by atoms with Crippen LogP contribution in [0.5, 0.6) is 5.75 Å². The third kappa shape index (κ3) is 5.73. The number of ether oxygens (including phenoxy) is 1. The van der Waals surface area contributed by atoms with Crippen molar-refractivity contribution in [1.29, 1.82) is 0 Å². The monoisotopic (exact) mass is 411 g/mol. The van der Waals surface area contributed by atoms with Crippen molar-refractivity contribution < 1.29 is 19.2 Å². The molecular weight excluding hydrogens is 380 g/mol. The second kappa shape index (κ2) is 10.1. The van der Waals surface area contributed by atoms with Gasteiger partial charge >= 0.3 is 0 Å². The van der Waals surface area contributed by atoms with E-state index >= 15 is 0 Å². The number of methoxy groups -OCH3 is 1. The minimum atomic E-state index is -0.401. The van der Waals surface area contributed by atoms with E-state index in [1.807, 2.05) is 17.9 Å². The number of carbonyl (C=O) groups is 2. The SMILES string of the molecule is COc1ccc(NC(C)=O)cc1N[C@@H](C)C(=O)N1CC[NH+](Cc2ccccc2)CC1. The van der Waals surface area contributed by atoms with Crippen LogP contribution in [-0.2, 0) is 16.1 Å². The van der Waals surface area contributed by atoms with Gasteiger partial charge in [0.05, 0.1) is 39.0 Å². The Labute approximate surface area is 178 Å². The van der Waals surface area contributed by atoms with Crippen molar-refractivity contribution in [3.05, 3.63) is 54.1 Å². The number of anilines is 2. The lowest BCUT2D eigenvalue weighted by Gasteiger charge is -2.34. The molecule has 1 saturated heterocycles. The van der Waals surface area contributed by atoms with Gasteiger partial charge in [-0.25, -0.2) is 0 Å². The Morgan fingerprint density at radius 2 is 1.83 bits per heavy atom. The lowest BCUT2D eigenvalue weighted by Crippen LogP contribution is -3.13. The fraction of sp³-hybridized carbons (Fsp3) is 0.391. The molecule has 2 amide bonds. The molecule has 1 heterocycles. The molecular formula is C23H31N4O3+. The number of nitrogens with one attached hydrogen (secondary N) is 3. The Balaban J connectivity index is 1.56. The lowest BCUT2D eigenvalue weighted by atomic mass is 10.1.